The fourth-order valence-corrected chi connectivity index (χ4v) is 0. The molecular weight excluding hydrogens is 88.1 g/mol. The van der Waals surface area contributed by atoms with Gasteiger partial charge in [-0.2, -0.15) is 0 Å². The van der Waals surface area contributed by atoms with Gasteiger partial charge in [0.1, 0.15) is 0 Å². The van der Waals surface area contributed by atoms with Crippen LogP contribution in [0.4, 0.5) is 0 Å². The van der Waals surface area contributed by atoms with Crippen molar-refractivity contribution >= 4 is 0 Å². The molecule has 1 N–H and O–H groups in total. The van der Waals surface area contributed by atoms with Gasteiger partial charge in [0.15, 0.2) is 0 Å². The number of hydrogen-bond donors (Lipinski definition) is 1. The molecule has 0 saturated heterocycles. The lowest BCUT2D eigenvalue weighted by molar-refractivity contribution is 0.476. The molecule has 0 aromatic rings. The smallest absolute Gasteiger partial charge is 0.0719 e. The van der Waals surface area contributed by atoms with Crippen LogP contribution in [0.1, 0.15) is 0 Å². The Morgan fingerprint density at radius 3 is 1.00 bits per heavy atom. The van der Waals surface area contributed by atoms with Crippen LogP contribution in [0, 0.1) is 0 Å². The molecule has 7 heavy (non-hydrogen) atoms. The molecule has 0 fully saturated rings. The summed E-state index contributed by atoms with van der Waals surface area (Å²) in [6.07, 6.45) is 0.750. The first-order valence-electron chi connectivity index (χ1n) is 1.67. The molecule has 0 aromatic carbocycles. The second kappa shape index (κ2) is 203000. The third kappa shape index (κ3) is 47.7. The van der Waals surface area contributed by atoms with Crippen molar-refractivity contribution in [3.63, 3.8) is 0 Å². The lowest BCUT2D eigenvalue weighted by Gasteiger charge is -1.41. The molecule has 0 amide bonds. The maximum atomic E-state index is 7.33. The van der Waals surface area contributed by atoms with E-state index < -0.39 is 0 Å². The van der Waals surface area contributed by atoms with Gasteiger partial charge in [0.2, 0.25) is 0 Å². The van der Waals surface area contributed by atoms with Crippen molar-refractivity contribution < 1.29 is 5.11 Å². The monoisotopic (exact) mass is 100 g/mol. The van der Waals surface area contributed by atoms with Crippen molar-refractivity contribution in [2.75, 3.05) is 0 Å². The summed E-state index contributed by atoms with van der Waals surface area (Å²) in [5.74, 6) is 0. The van der Waals surface area contributed by atoms with Crippen LogP contribution in [-0.2, 0) is 0 Å². The summed E-state index contributed by atoms with van der Waals surface area (Å²) in [5.41, 5.74) is 0. The summed E-state index contributed by atoms with van der Waals surface area (Å²) in [6, 6.07) is 0. The van der Waals surface area contributed by atoms with Crippen molar-refractivity contribution in [1.29, 1.82) is 0 Å². The SMILES string of the molecule is C=C.C=C.C=CO. The van der Waals surface area contributed by atoms with Crippen LogP contribution in [0.3, 0.4) is 0 Å². The number of aliphatic hydroxyl groups is 1. The van der Waals surface area contributed by atoms with E-state index in [0.717, 1.165) is 6.26 Å². The van der Waals surface area contributed by atoms with Gasteiger partial charge in [-0.15, -0.1) is 26.3 Å². The first kappa shape index (κ1) is 16.6. The minimum absolute atomic E-state index is 0.750. The van der Waals surface area contributed by atoms with Gasteiger partial charge in [-0.25, -0.2) is 0 Å². The minimum atomic E-state index is 0.750. The van der Waals surface area contributed by atoms with E-state index in [-0.39, 0.29) is 0 Å². The van der Waals surface area contributed by atoms with E-state index in [1.807, 2.05) is 0 Å². The molecule has 0 aliphatic carbocycles. The van der Waals surface area contributed by atoms with Gasteiger partial charge in [-0.05, 0) is 0 Å². The zero-order valence-corrected chi connectivity index (χ0v) is 4.56. The van der Waals surface area contributed by atoms with E-state index in [9.17, 15) is 0 Å². The standard InChI is InChI=1S/C2H4O.2C2H4/c1-2-3;2*1-2/h2-3H,1H2;2*1-2H2. The predicted octanol–water partition coefficient (Wildman–Crippen LogP) is 2.29. The quantitative estimate of drug-likeness (QED) is 0.366. The fourth-order valence-electron chi connectivity index (χ4n) is 0. The normalized spacial score (nSPS) is 2.86. The summed E-state index contributed by atoms with van der Waals surface area (Å²) in [5, 5.41) is 7.33. The van der Waals surface area contributed by atoms with Crippen LogP contribution in [0.5, 0.6) is 0 Å². The van der Waals surface area contributed by atoms with Crippen molar-refractivity contribution in [3.05, 3.63) is 39.2 Å². The molecule has 0 rings (SSSR count). The van der Waals surface area contributed by atoms with Crippen LogP contribution in [0.15, 0.2) is 39.2 Å². The molecule has 1 heteroatoms. The summed E-state index contributed by atoms with van der Waals surface area (Å²) in [7, 11) is 0. The highest BCUT2D eigenvalue weighted by molar-refractivity contribution is 4.38. The Kier molecular flexibility index (Phi) is 482000. The molecule has 0 atom stereocenters. The molecule has 0 aliphatic heterocycles. The van der Waals surface area contributed by atoms with E-state index >= 15 is 0 Å². The van der Waals surface area contributed by atoms with Gasteiger partial charge in [0, 0.05) is 0 Å². The lowest BCUT2D eigenvalue weighted by Crippen LogP contribution is -1.25. The molecular formula is C6H12O. The molecule has 0 heterocycles. The Bertz CT molecular complexity index is 23.4. The molecule has 0 bridgehead atoms. The van der Waals surface area contributed by atoms with E-state index in [0.29, 0.717) is 0 Å². The number of rotatable bonds is 0. The molecule has 0 saturated carbocycles. The van der Waals surface area contributed by atoms with Gasteiger partial charge in [0.05, 0.1) is 6.26 Å². The Labute approximate surface area is 45.3 Å². The molecule has 0 spiro atoms. The van der Waals surface area contributed by atoms with Crippen molar-refractivity contribution in [2.24, 2.45) is 0 Å². The number of aliphatic hydroxyl groups excluding tert-OH is 1. The first-order chi connectivity index (χ1) is 3.41. The highest BCUT2D eigenvalue weighted by Crippen LogP contribution is 1.26. The maximum Gasteiger partial charge on any atom is 0.0719 e. The summed E-state index contributed by atoms with van der Waals surface area (Å²) in [6.45, 7) is 14.9. The second-order valence-corrected chi connectivity index (χ2v) is 0.183. The molecule has 0 radical (unpaired) electrons. The fraction of sp³-hybridized carbons (Fsp3) is 0. The zero-order valence-electron chi connectivity index (χ0n) is 4.56. The third-order valence-corrected chi connectivity index (χ3v) is 0. The van der Waals surface area contributed by atoms with Crippen LogP contribution in [-0.4, -0.2) is 5.11 Å². The second-order valence-electron chi connectivity index (χ2n) is 0.183. The van der Waals surface area contributed by atoms with E-state index in [1.54, 1.807) is 0 Å². The van der Waals surface area contributed by atoms with Gasteiger partial charge < -0.3 is 5.11 Å². The minimum Gasteiger partial charge on any atom is -0.516 e. The van der Waals surface area contributed by atoms with E-state index in [4.69, 9.17) is 5.11 Å². The number of hydrogen-bond acceptors (Lipinski definition) is 1. The van der Waals surface area contributed by atoms with Crippen molar-refractivity contribution in [2.45, 2.75) is 0 Å². The lowest BCUT2D eigenvalue weighted by atomic mass is 11.2. The van der Waals surface area contributed by atoms with Crippen LogP contribution < -0.4 is 0 Å². The maximum absolute atomic E-state index is 7.33. The average molecular weight is 100 g/mol. The van der Waals surface area contributed by atoms with Gasteiger partial charge in [-0.3, -0.25) is 0 Å². The average Bonchev–Trinajstić information content (AvgIpc) is 1.78. The molecule has 0 aliphatic rings. The zero-order chi connectivity index (χ0) is 6.71. The molecule has 42 valence electrons. The van der Waals surface area contributed by atoms with Crippen molar-refractivity contribution in [1.82, 2.24) is 0 Å². The largest absolute Gasteiger partial charge is 0.516 e. The van der Waals surface area contributed by atoms with Crippen LogP contribution in [0.2, 0.25) is 0 Å². The molecule has 0 aromatic heterocycles. The van der Waals surface area contributed by atoms with Crippen LogP contribution in [0.25, 0.3) is 0 Å². The summed E-state index contributed by atoms with van der Waals surface area (Å²) in [4.78, 5) is 0. The Hall–Kier alpha value is -0.980. The van der Waals surface area contributed by atoms with Crippen LogP contribution >= 0.6 is 0 Å². The van der Waals surface area contributed by atoms with Gasteiger partial charge in [0.25, 0.3) is 0 Å². The Morgan fingerprint density at radius 2 is 1.00 bits per heavy atom. The summed E-state index contributed by atoms with van der Waals surface area (Å²) >= 11 is 0. The third-order valence-electron chi connectivity index (χ3n) is 0. The summed E-state index contributed by atoms with van der Waals surface area (Å²) < 4.78 is 0. The molecule has 1 nitrogen and oxygen atoms in total. The topological polar surface area (TPSA) is 20.2 Å². The van der Waals surface area contributed by atoms with Gasteiger partial charge in [-0.1, -0.05) is 6.58 Å². The van der Waals surface area contributed by atoms with Crippen molar-refractivity contribution in [3.8, 4) is 0 Å². The van der Waals surface area contributed by atoms with E-state index in [2.05, 4.69) is 32.9 Å². The molecule has 0 unspecified atom stereocenters. The van der Waals surface area contributed by atoms with E-state index in [1.165, 1.54) is 0 Å². The first-order valence-corrected chi connectivity index (χ1v) is 1.67. The Balaban J connectivity index is -0.0000000360. The Morgan fingerprint density at radius 1 is 1.00 bits per heavy atom. The highest BCUT2D eigenvalue weighted by Gasteiger charge is 1.11. The highest BCUT2D eigenvalue weighted by atomic mass is 16.2. The van der Waals surface area contributed by atoms with Gasteiger partial charge >= 0.3 is 0 Å². The predicted molar refractivity (Wildman–Crippen MR) is 35.3 cm³/mol.